The number of methoxy groups -OCH3 is 1. The van der Waals surface area contributed by atoms with Gasteiger partial charge in [0, 0.05) is 12.4 Å². The minimum atomic E-state index is -0.118. The van der Waals surface area contributed by atoms with Crippen LogP contribution in [-0.4, -0.2) is 28.7 Å². The molecule has 0 saturated carbocycles. The van der Waals surface area contributed by atoms with Crippen LogP contribution in [-0.2, 0) is 4.79 Å². The third-order valence-corrected chi connectivity index (χ3v) is 3.59. The molecule has 0 aliphatic carbocycles. The average molecular weight is 303 g/mol. The second-order valence-corrected chi connectivity index (χ2v) is 5.53. The van der Waals surface area contributed by atoms with Gasteiger partial charge < -0.3 is 10.1 Å². The van der Waals surface area contributed by atoms with Crippen molar-refractivity contribution in [3.05, 3.63) is 41.7 Å². The van der Waals surface area contributed by atoms with Gasteiger partial charge in [0.1, 0.15) is 5.75 Å². The summed E-state index contributed by atoms with van der Waals surface area (Å²) in [5.74, 6) is 0.777. The Hall–Kier alpha value is -2.08. The van der Waals surface area contributed by atoms with Gasteiger partial charge in [-0.15, -0.1) is 0 Å². The van der Waals surface area contributed by atoms with E-state index in [0.717, 1.165) is 11.1 Å². The van der Waals surface area contributed by atoms with Crippen LogP contribution in [0.25, 0.3) is 0 Å². The zero-order valence-electron chi connectivity index (χ0n) is 12.2. The van der Waals surface area contributed by atoms with Crippen molar-refractivity contribution in [1.29, 1.82) is 0 Å². The minimum absolute atomic E-state index is 0.118. The number of carbonyl (C=O) groups is 1. The predicted octanol–water partition coefficient (Wildman–Crippen LogP) is 2.83. The van der Waals surface area contributed by atoms with E-state index in [1.807, 2.05) is 32.0 Å². The SMILES string of the molecule is COc1ccc(C)cc1NC(=O)CSc1ncc(C)cn1. The lowest BCUT2D eigenvalue weighted by atomic mass is 10.2. The number of benzene rings is 1. The molecular weight excluding hydrogens is 286 g/mol. The number of thioether (sulfide) groups is 1. The number of amides is 1. The fourth-order valence-electron chi connectivity index (χ4n) is 1.69. The van der Waals surface area contributed by atoms with Crippen LogP contribution in [0.1, 0.15) is 11.1 Å². The van der Waals surface area contributed by atoms with Gasteiger partial charge in [0.15, 0.2) is 5.16 Å². The monoisotopic (exact) mass is 303 g/mol. The molecular formula is C15H17N3O2S. The van der Waals surface area contributed by atoms with E-state index in [0.29, 0.717) is 16.6 Å². The molecule has 5 nitrogen and oxygen atoms in total. The molecule has 110 valence electrons. The molecule has 0 fully saturated rings. The summed E-state index contributed by atoms with van der Waals surface area (Å²) in [6.07, 6.45) is 3.47. The molecule has 0 spiro atoms. The lowest BCUT2D eigenvalue weighted by molar-refractivity contribution is -0.113. The Morgan fingerprint density at radius 3 is 2.62 bits per heavy atom. The molecule has 1 heterocycles. The summed E-state index contributed by atoms with van der Waals surface area (Å²) in [6, 6.07) is 5.65. The lowest BCUT2D eigenvalue weighted by Crippen LogP contribution is -2.15. The van der Waals surface area contributed by atoms with Crippen LogP contribution in [0.4, 0.5) is 5.69 Å². The first-order valence-electron chi connectivity index (χ1n) is 6.44. The molecule has 0 unspecified atom stereocenters. The van der Waals surface area contributed by atoms with Crippen LogP contribution in [0.15, 0.2) is 35.7 Å². The van der Waals surface area contributed by atoms with Crippen molar-refractivity contribution < 1.29 is 9.53 Å². The molecule has 2 aromatic rings. The van der Waals surface area contributed by atoms with Crippen LogP contribution in [0.2, 0.25) is 0 Å². The highest BCUT2D eigenvalue weighted by Gasteiger charge is 2.09. The van der Waals surface area contributed by atoms with Crippen molar-refractivity contribution in [2.45, 2.75) is 19.0 Å². The number of rotatable bonds is 5. The average Bonchev–Trinajstić information content (AvgIpc) is 2.47. The van der Waals surface area contributed by atoms with E-state index in [2.05, 4.69) is 15.3 Å². The Kier molecular flexibility index (Phi) is 5.16. The highest BCUT2D eigenvalue weighted by atomic mass is 32.2. The fourth-order valence-corrected chi connectivity index (χ4v) is 2.28. The van der Waals surface area contributed by atoms with Crippen molar-refractivity contribution in [2.75, 3.05) is 18.2 Å². The first kappa shape index (κ1) is 15.3. The number of hydrogen-bond donors (Lipinski definition) is 1. The topological polar surface area (TPSA) is 64.1 Å². The van der Waals surface area contributed by atoms with Crippen LogP contribution < -0.4 is 10.1 Å². The van der Waals surface area contributed by atoms with E-state index in [-0.39, 0.29) is 11.7 Å². The largest absolute Gasteiger partial charge is 0.495 e. The van der Waals surface area contributed by atoms with Crippen molar-refractivity contribution in [1.82, 2.24) is 9.97 Å². The summed E-state index contributed by atoms with van der Waals surface area (Å²) in [6.45, 7) is 3.88. The van der Waals surface area contributed by atoms with Gasteiger partial charge in [0.05, 0.1) is 18.6 Å². The number of anilines is 1. The Bertz CT molecular complexity index is 629. The smallest absolute Gasteiger partial charge is 0.234 e. The Balaban J connectivity index is 1.95. The van der Waals surface area contributed by atoms with Crippen LogP contribution in [0.5, 0.6) is 5.75 Å². The maximum atomic E-state index is 12.0. The van der Waals surface area contributed by atoms with Gasteiger partial charge in [0.2, 0.25) is 5.91 Å². The van der Waals surface area contributed by atoms with Crippen LogP contribution in [0.3, 0.4) is 0 Å². The zero-order chi connectivity index (χ0) is 15.2. The molecule has 2 rings (SSSR count). The quantitative estimate of drug-likeness (QED) is 0.679. The van der Waals surface area contributed by atoms with E-state index in [4.69, 9.17) is 4.74 Å². The van der Waals surface area contributed by atoms with Crippen molar-refractivity contribution >= 4 is 23.4 Å². The van der Waals surface area contributed by atoms with Gasteiger partial charge in [-0.1, -0.05) is 17.8 Å². The first-order valence-corrected chi connectivity index (χ1v) is 7.43. The standard InChI is InChI=1S/C15H17N3O2S/c1-10-4-5-13(20-3)12(6-10)18-14(19)9-21-15-16-7-11(2)8-17-15/h4-8H,9H2,1-3H3,(H,18,19). The summed E-state index contributed by atoms with van der Waals surface area (Å²) in [7, 11) is 1.58. The fraction of sp³-hybridized carbons (Fsp3) is 0.267. The molecule has 0 atom stereocenters. The predicted molar refractivity (Wildman–Crippen MR) is 83.9 cm³/mol. The Labute approximate surface area is 128 Å². The highest BCUT2D eigenvalue weighted by Crippen LogP contribution is 2.25. The third kappa shape index (κ3) is 4.46. The van der Waals surface area contributed by atoms with Gasteiger partial charge in [0.25, 0.3) is 0 Å². The molecule has 0 radical (unpaired) electrons. The third-order valence-electron chi connectivity index (χ3n) is 2.72. The minimum Gasteiger partial charge on any atom is -0.495 e. The van der Waals surface area contributed by atoms with E-state index < -0.39 is 0 Å². The summed E-state index contributed by atoms with van der Waals surface area (Å²) in [5.41, 5.74) is 2.72. The van der Waals surface area contributed by atoms with E-state index in [1.54, 1.807) is 19.5 Å². The Morgan fingerprint density at radius 1 is 1.24 bits per heavy atom. The van der Waals surface area contributed by atoms with E-state index >= 15 is 0 Å². The van der Waals surface area contributed by atoms with Crippen LogP contribution in [0, 0.1) is 13.8 Å². The molecule has 1 amide bonds. The number of carbonyl (C=O) groups excluding carboxylic acids is 1. The normalized spacial score (nSPS) is 10.2. The van der Waals surface area contributed by atoms with Gasteiger partial charge in [-0.2, -0.15) is 0 Å². The van der Waals surface area contributed by atoms with Crippen molar-refractivity contribution in [3.8, 4) is 5.75 Å². The molecule has 6 heteroatoms. The maximum Gasteiger partial charge on any atom is 0.234 e. The molecule has 0 aliphatic rings. The first-order chi connectivity index (χ1) is 10.1. The van der Waals surface area contributed by atoms with E-state index in [9.17, 15) is 4.79 Å². The summed E-state index contributed by atoms with van der Waals surface area (Å²) >= 11 is 1.30. The summed E-state index contributed by atoms with van der Waals surface area (Å²) < 4.78 is 5.23. The van der Waals surface area contributed by atoms with Gasteiger partial charge in [-0.3, -0.25) is 4.79 Å². The van der Waals surface area contributed by atoms with Crippen molar-refractivity contribution in [2.24, 2.45) is 0 Å². The van der Waals surface area contributed by atoms with E-state index in [1.165, 1.54) is 11.8 Å². The molecule has 1 aromatic carbocycles. The summed E-state index contributed by atoms with van der Waals surface area (Å²) in [4.78, 5) is 20.3. The maximum absolute atomic E-state index is 12.0. The number of aromatic nitrogens is 2. The Morgan fingerprint density at radius 2 is 1.95 bits per heavy atom. The number of nitrogens with zero attached hydrogens (tertiary/aromatic N) is 2. The van der Waals surface area contributed by atoms with Gasteiger partial charge in [-0.05, 0) is 37.1 Å². The van der Waals surface area contributed by atoms with Gasteiger partial charge >= 0.3 is 0 Å². The molecule has 21 heavy (non-hydrogen) atoms. The molecule has 1 aromatic heterocycles. The number of ether oxygens (including phenoxy) is 1. The number of hydrogen-bond acceptors (Lipinski definition) is 5. The van der Waals surface area contributed by atoms with Gasteiger partial charge in [-0.25, -0.2) is 9.97 Å². The molecule has 1 N–H and O–H groups in total. The molecule has 0 bridgehead atoms. The summed E-state index contributed by atoms with van der Waals surface area (Å²) in [5, 5.41) is 3.43. The second kappa shape index (κ2) is 7.08. The highest BCUT2D eigenvalue weighted by molar-refractivity contribution is 7.99. The lowest BCUT2D eigenvalue weighted by Gasteiger charge is -2.10. The van der Waals surface area contributed by atoms with Crippen LogP contribution >= 0.6 is 11.8 Å². The number of aryl methyl sites for hydroxylation is 2. The molecule has 0 saturated heterocycles. The zero-order valence-corrected chi connectivity index (χ0v) is 13.0. The number of nitrogens with one attached hydrogen (secondary N) is 1. The molecule has 0 aliphatic heterocycles. The van der Waals surface area contributed by atoms with Crippen molar-refractivity contribution in [3.63, 3.8) is 0 Å². The second-order valence-electron chi connectivity index (χ2n) is 4.58.